The first-order valence-electron chi connectivity index (χ1n) is 12.4. The van der Waals surface area contributed by atoms with Crippen molar-refractivity contribution in [1.82, 2.24) is 15.0 Å². The van der Waals surface area contributed by atoms with E-state index in [1.807, 2.05) is 45.0 Å². The SMILES string of the molecule is CC(C)(C)c1cc(NC(=O)Nc2ccc(C#Cc3ccc(OCCCN4CCOCC4)cn3)cc2)no1. The molecule has 0 spiro atoms. The molecular weight excluding hydrogens is 470 g/mol. The normalized spacial score (nSPS) is 13.9. The van der Waals surface area contributed by atoms with Gasteiger partial charge >= 0.3 is 6.03 Å². The Morgan fingerprint density at radius 2 is 1.86 bits per heavy atom. The second-order valence-electron chi connectivity index (χ2n) is 9.77. The lowest BCUT2D eigenvalue weighted by molar-refractivity contribution is 0.0358. The number of amides is 2. The van der Waals surface area contributed by atoms with E-state index in [1.165, 1.54) is 0 Å². The van der Waals surface area contributed by atoms with Crippen molar-refractivity contribution < 1.29 is 18.8 Å². The number of nitrogens with one attached hydrogen (secondary N) is 2. The fraction of sp³-hybridized carbons (Fsp3) is 0.393. The second-order valence-corrected chi connectivity index (χ2v) is 9.77. The lowest BCUT2D eigenvalue weighted by atomic mass is 9.93. The van der Waals surface area contributed by atoms with Crippen LogP contribution in [0.15, 0.2) is 53.2 Å². The molecule has 1 aromatic carbocycles. The fourth-order valence-corrected chi connectivity index (χ4v) is 3.58. The van der Waals surface area contributed by atoms with Crippen molar-refractivity contribution in [3.8, 4) is 17.6 Å². The highest BCUT2D eigenvalue weighted by molar-refractivity contribution is 5.99. The molecule has 2 amide bonds. The van der Waals surface area contributed by atoms with Gasteiger partial charge in [-0.3, -0.25) is 10.2 Å². The highest BCUT2D eigenvalue weighted by atomic mass is 16.5. The monoisotopic (exact) mass is 503 g/mol. The number of morpholine rings is 1. The first-order chi connectivity index (χ1) is 17.8. The van der Waals surface area contributed by atoms with Crippen LogP contribution >= 0.6 is 0 Å². The Morgan fingerprint density at radius 3 is 2.54 bits per heavy atom. The van der Waals surface area contributed by atoms with E-state index < -0.39 is 6.03 Å². The van der Waals surface area contributed by atoms with Gasteiger partial charge in [0.15, 0.2) is 5.82 Å². The van der Waals surface area contributed by atoms with Gasteiger partial charge in [0.1, 0.15) is 17.2 Å². The Morgan fingerprint density at radius 1 is 1.08 bits per heavy atom. The molecule has 194 valence electrons. The Kier molecular flexibility index (Phi) is 8.77. The molecular formula is C28H33N5O4. The minimum Gasteiger partial charge on any atom is -0.492 e. The third-order valence-electron chi connectivity index (χ3n) is 5.70. The third-order valence-corrected chi connectivity index (χ3v) is 5.70. The summed E-state index contributed by atoms with van der Waals surface area (Å²) in [5.41, 5.74) is 1.91. The largest absolute Gasteiger partial charge is 0.492 e. The van der Waals surface area contributed by atoms with Gasteiger partial charge in [0.05, 0.1) is 26.0 Å². The smallest absolute Gasteiger partial charge is 0.324 e. The number of urea groups is 1. The van der Waals surface area contributed by atoms with E-state index in [2.05, 4.69) is 37.5 Å². The van der Waals surface area contributed by atoms with E-state index in [1.54, 1.807) is 24.4 Å². The first kappa shape index (κ1) is 26.2. The minimum atomic E-state index is -0.403. The predicted molar refractivity (Wildman–Crippen MR) is 142 cm³/mol. The molecule has 2 aromatic heterocycles. The summed E-state index contributed by atoms with van der Waals surface area (Å²) < 4.78 is 16.4. The van der Waals surface area contributed by atoms with Gasteiger partial charge in [-0.15, -0.1) is 0 Å². The number of nitrogens with zero attached hydrogens (tertiary/aromatic N) is 3. The van der Waals surface area contributed by atoms with Gasteiger partial charge in [-0.1, -0.05) is 31.8 Å². The fourth-order valence-electron chi connectivity index (χ4n) is 3.58. The predicted octanol–water partition coefficient (Wildman–Crippen LogP) is 4.51. The van der Waals surface area contributed by atoms with E-state index in [4.69, 9.17) is 14.0 Å². The molecule has 4 rings (SSSR count). The highest BCUT2D eigenvalue weighted by Gasteiger charge is 2.20. The summed E-state index contributed by atoms with van der Waals surface area (Å²) in [6, 6.07) is 12.3. The molecule has 2 N–H and O–H groups in total. The maximum atomic E-state index is 12.3. The van der Waals surface area contributed by atoms with Gasteiger partial charge in [0.2, 0.25) is 0 Å². The van der Waals surface area contributed by atoms with Crippen LogP contribution in [0.25, 0.3) is 0 Å². The maximum absolute atomic E-state index is 12.3. The second kappa shape index (κ2) is 12.4. The number of pyridine rings is 1. The number of carbonyl (C=O) groups is 1. The molecule has 1 aliphatic rings. The van der Waals surface area contributed by atoms with Crippen LogP contribution in [0.5, 0.6) is 5.75 Å². The lowest BCUT2D eigenvalue weighted by Crippen LogP contribution is -2.37. The molecule has 0 saturated carbocycles. The number of rotatable bonds is 7. The van der Waals surface area contributed by atoms with Crippen LogP contribution in [-0.2, 0) is 10.2 Å². The summed E-state index contributed by atoms with van der Waals surface area (Å²) >= 11 is 0. The van der Waals surface area contributed by atoms with Gasteiger partial charge in [-0.25, -0.2) is 9.78 Å². The molecule has 1 saturated heterocycles. The number of hydrogen-bond donors (Lipinski definition) is 2. The highest BCUT2D eigenvalue weighted by Crippen LogP contribution is 2.24. The Bertz CT molecular complexity index is 1210. The van der Waals surface area contributed by atoms with Gasteiger partial charge in [-0.05, 0) is 48.7 Å². The minimum absolute atomic E-state index is 0.186. The topological polar surface area (TPSA) is 102 Å². The summed E-state index contributed by atoms with van der Waals surface area (Å²) in [7, 11) is 0. The van der Waals surface area contributed by atoms with Crippen LogP contribution < -0.4 is 15.4 Å². The van der Waals surface area contributed by atoms with Crippen LogP contribution in [0, 0.1) is 11.8 Å². The summed E-state index contributed by atoms with van der Waals surface area (Å²) in [6.07, 6.45) is 2.66. The summed E-state index contributed by atoms with van der Waals surface area (Å²) in [4.78, 5) is 19.0. The van der Waals surface area contributed by atoms with Crippen molar-refractivity contribution in [3.63, 3.8) is 0 Å². The third kappa shape index (κ3) is 8.34. The number of anilines is 2. The molecule has 0 atom stereocenters. The van der Waals surface area contributed by atoms with Crippen molar-refractivity contribution in [2.24, 2.45) is 0 Å². The van der Waals surface area contributed by atoms with E-state index in [0.29, 0.717) is 29.6 Å². The average Bonchev–Trinajstić information content (AvgIpc) is 3.37. The standard InChI is InChI=1S/C28H33N5O4/c1-28(2,3)25-19-26(32-37-25)31-27(34)30-23-9-6-21(7-10-23)5-8-22-11-12-24(20-29-22)36-16-4-13-33-14-17-35-18-15-33/h6-7,9-12,19-20H,4,13-18H2,1-3H3,(H2,30,31,32,34). The van der Waals surface area contributed by atoms with E-state index in [0.717, 1.165) is 50.6 Å². The molecule has 0 unspecified atom stereocenters. The Balaban J connectivity index is 1.21. The van der Waals surface area contributed by atoms with Gasteiger partial charge in [0, 0.05) is 42.4 Å². The van der Waals surface area contributed by atoms with Gasteiger partial charge in [0.25, 0.3) is 0 Å². The number of benzene rings is 1. The number of ether oxygens (including phenoxy) is 2. The number of carbonyl (C=O) groups excluding carboxylic acids is 1. The molecule has 0 bridgehead atoms. The lowest BCUT2D eigenvalue weighted by Gasteiger charge is -2.26. The quantitative estimate of drug-likeness (QED) is 0.361. The van der Waals surface area contributed by atoms with Gasteiger partial charge in [-0.2, -0.15) is 0 Å². The van der Waals surface area contributed by atoms with Crippen LogP contribution in [0.1, 0.15) is 44.2 Å². The average molecular weight is 504 g/mol. The number of hydrogen-bond acceptors (Lipinski definition) is 7. The van der Waals surface area contributed by atoms with Crippen LogP contribution in [0.4, 0.5) is 16.3 Å². The molecule has 1 aliphatic heterocycles. The first-order valence-corrected chi connectivity index (χ1v) is 12.4. The van der Waals surface area contributed by atoms with Crippen molar-refractivity contribution in [1.29, 1.82) is 0 Å². The molecule has 37 heavy (non-hydrogen) atoms. The summed E-state index contributed by atoms with van der Waals surface area (Å²) in [5.74, 6) is 7.94. The van der Waals surface area contributed by atoms with Crippen LogP contribution in [-0.4, -0.2) is 60.5 Å². The number of aromatic nitrogens is 2. The Labute approximate surface area is 217 Å². The van der Waals surface area contributed by atoms with Crippen LogP contribution in [0.2, 0.25) is 0 Å². The van der Waals surface area contributed by atoms with Crippen molar-refractivity contribution >= 4 is 17.5 Å². The zero-order valence-corrected chi connectivity index (χ0v) is 21.5. The Hall–Kier alpha value is -3.87. The molecule has 9 heteroatoms. The van der Waals surface area contributed by atoms with Crippen molar-refractivity contribution in [2.75, 3.05) is 50.1 Å². The molecule has 1 fully saturated rings. The van der Waals surface area contributed by atoms with Crippen molar-refractivity contribution in [2.45, 2.75) is 32.6 Å². The van der Waals surface area contributed by atoms with E-state index in [9.17, 15) is 4.79 Å². The zero-order valence-electron chi connectivity index (χ0n) is 21.5. The molecule has 3 heterocycles. The molecule has 0 radical (unpaired) electrons. The summed E-state index contributed by atoms with van der Waals surface area (Å²) in [6.45, 7) is 11.3. The zero-order chi connectivity index (χ0) is 26.1. The van der Waals surface area contributed by atoms with E-state index in [-0.39, 0.29) is 5.41 Å². The summed E-state index contributed by atoms with van der Waals surface area (Å²) in [5, 5.41) is 9.33. The molecule has 0 aliphatic carbocycles. The molecule has 9 nitrogen and oxygen atoms in total. The van der Waals surface area contributed by atoms with E-state index >= 15 is 0 Å². The maximum Gasteiger partial charge on any atom is 0.324 e. The van der Waals surface area contributed by atoms with Gasteiger partial charge < -0.3 is 19.3 Å². The van der Waals surface area contributed by atoms with Crippen LogP contribution in [0.3, 0.4) is 0 Å². The van der Waals surface area contributed by atoms with Crippen molar-refractivity contribution in [3.05, 3.63) is 65.7 Å². The molecule has 3 aromatic rings.